The first kappa shape index (κ1) is 25.8. The Hall–Kier alpha value is -0.810. The van der Waals surface area contributed by atoms with Gasteiger partial charge in [0.1, 0.15) is 0 Å². The van der Waals surface area contributed by atoms with Gasteiger partial charge < -0.3 is 20.3 Å². The quantitative estimate of drug-likeness (QED) is 0.433. The Morgan fingerprint density at radius 3 is 2.34 bits per heavy atom. The molecule has 0 heterocycles. The van der Waals surface area contributed by atoms with Crippen molar-refractivity contribution in [3.05, 3.63) is 0 Å². The first-order valence-corrected chi connectivity index (χ1v) is 14.8. The van der Waals surface area contributed by atoms with Crippen LogP contribution in [0.25, 0.3) is 0 Å². The standard InChI is InChI=1S/C30H51NO4/c1-6-20-24-17-19(32)9-12-30(24,5)23-10-13-29(4)21(7-8-22(29)25(23)26(20)33)18(2)11-16-35-27(34)31-28(3)14-15-28/h18-26,32-33H,6-17H2,1-5H3,(H,31,34)/t18-,19-,20-,21-,22+,23+,24+,25?,26-,29-,30-/m1/s1. The number of carbonyl (C=O) groups excluding carboxylic acids is 1. The van der Waals surface area contributed by atoms with Gasteiger partial charge in [-0.2, -0.15) is 0 Å². The first-order valence-electron chi connectivity index (χ1n) is 14.8. The SMILES string of the molecule is CC[C@H]1[C@@H](O)C2[C@@H]3CC[C@H]([C@H](C)CCOC(=O)NC4(C)CC4)[C@@]3(C)CC[C@@H]2[C@@]2(C)CC[C@@H](O)C[C@@H]12. The summed E-state index contributed by atoms with van der Waals surface area (Å²) in [5, 5.41) is 25.3. The lowest BCUT2D eigenvalue weighted by Gasteiger charge is -2.64. The van der Waals surface area contributed by atoms with Crippen molar-refractivity contribution in [1.29, 1.82) is 0 Å². The second kappa shape index (κ2) is 9.19. The van der Waals surface area contributed by atoms with E-state index in [1.54, 1.807) is 0 Å². The molecule has 5 fully saturated rings. The second-order valence-corrected chi connectivity index (χ2v) is 14.2. The summed E-state index contributed by atoms with van der Waals surface area (Å²) in [4.78, 5) is 12.1. The van der Waals surface area contributed by atoms with Crippen molar-refractivity contribution < 1.29 is 19.7 Å². The zero-order valence-corrected chi connectivity index (χ0v) is 22.9. The molecule has 1 unspecified atom stereocenters. The highest BCUT2D eigenvalue weighted by molar-refractivity contribution is 5.68. The van der Waals surface area contributed by atoms with Crippen molar-refractivity contribution in [2.75, 3.05) is 6.61 Å². The smallest absolute Gasteiger partial charge is 0.407 e. The molecule has 5 nitrogen and oxygen atoms in total. The van der Waals surface area contributed by atoms with E-state index in [0.717, 1.165) is 44.9 Å². The van der Waals surface area contributed by atoms with Crippen LogP contribution in [0.3, 0.4) is 0 Å². The molecule has 200 valence electrons. The van der Waals surface area contributed by atoms with Crippen molar-refractivity contribution in [2.24, 2.45) is 52.3 Å². The number of hydrogen-bond donors (Lipinski definition) is 3. The molecule has 0 bridgehead atoms. The Bertz CT molecular complexity index is 797. The highest BCUT2D eigenvalue weighted by Gasteiger charge is 2.64. The molecule has 1 amide bonds. The largest absolute Gasteiger partial charge is 0.450 e. The maximum Gasteiger partial charge on any atom is 0.407 e. The zero-order valence-electron chi connectivity index (χ0n) is 22.9. The van der Waals surface area contributed by atoms with Gasteiger partial charge in [-0.15, -0.1) is 0 Å². The van der Waals surface area contributed by atoms with Gasteiger partial charge in [0.2, 0.25) is 0 Å². The Morgan fingerprint density at radius 2 is 1.66 bits per heavy atom. The second-order valence-electron chi connectivity index (χ2n) is 14.2. The number of aliphatic hydroxyl groups is 2. The van der Waals surface area contributed by atoms with E-state index in [0.29, 0.717) is 48.0 Å². The average molecular weight is 490 g/mol. The van der Waals surface area contributed by atoms with Crippen LogP contribution in [0.5, 0.6) is 0 Å². The summed E-state index contributed by atoms with van der Waals surface area (Å²) in [7, 11) is 0. The van der Waals surface area contributed by atoms with E-state index >= 15 is 0 Å². The lowest BCUT2D eigenvalue weighted by molar-refractivity contribution is -0.203. The van der Waals surface area contributed by atoms with Gasteiger partial charge in [-0.3, -0.25) is 0 Å². The van der Waals surface area contributed by atoms with Crippen molar-refractivity contribution in [3.63, 3.8) is 0 Å². The molecule has 0 spiro atoms. The average Bonchev–Trinajstić information content (AvgIpc) is 3.41. The number of fused-ring (bicyclic) bond motifs is 5. The van der Waals surface area contributed by atoms with Gasteiger partial charge in [0, 0.05) is 5.54 Å². The highest BCUT2D eigenvalue weighted by Crippen LogP contribution is 2.69. The minimum absolute atomic E-state index is 0.0310. The van der Waals surface area contributed by atoms with E-state index in [-0.39, 0.29) is 34.7 Å². The molecule has 5 heteroatoms. The maximum absolute atomic E-state index is 12.1. The van der Waals surface area contributed by atoms with Crippen LogP contribution in [0.2, 0.25) is 0 Å². The molecule has 11 atom stereocenters. The molecular weight excluding hydrogens is 438 g/mol. The Balaban J connectivity index is 1.27. The topological polar surface area (TPSA) is 78.8 Å². The van der Waals surface area contributed by atoms with E-state index in [2.05, 4.69) is 39.9 Å². The minimum Gasteiger partial charge on any atom is -0.450 e. The predicted octanol–water partition coefficient (Wildman–Crippen LogP) is 5.92. The number of carbonyl (C=O) groups is 1. The summed E-state index contributed by atoms with van der Waals surface area (Å²) in [5.74, 6) is 3.48. The van der Waals surface area contributed by atoms with E-state index in [9.17, 15) is 15.0 Å². The fourth-order valence-corrected chi connectivity index (χ4v) is 10.1. The third-order valence-electron chi connectivity index (χ3n) is 12.4. The summed E-state index contributed by atoms with van der Waals surface area (Å²) in [6.07, 6.45) is 11.2. The molecule has 5 rings (SSSR count). The third kappa shape index (κ3) is 4.35. The molecule has 0 aromatic rings. The van der Waals surface area contributed by atoms with Crippen LogP contribution in [-0.2, 0) is 4.74 Å². The summed E-state index contributed by atoms with van der Waals surface area (Å²) >= 11 is 0. The summed E-state index contributed by atoms with van der Waals surface area (Å²) in [6.45, 7) is 12.2. The van der Waals surface area contributed by atoms with E-state index in [4.69, 9.17) is 4.74 Å². The minimum atomic E-state index is -0.260. The number of aliphatic hydroxyl groups excluding tert-OH is 2. The maximum atomic E-state index is 12.1. The van der Waals surface area contributed by atoms with Crippen molar-refractivity contribution in [3.8, 4) is 0 Å². The summed E-state index contributed by atoms with van der Waals surface area (Å²) in [6, 6.07) is 0. The number of amides is 1. The van der Waals surface area contributed by atoms with Crippen LogP contribution in [0.4, 0.5) is 4.79 Å². The Morgan fingerprint density at radius 1 is 0.971 bits per heavy atom. The third-order valence-corrected chi connectivity index (χ3v) is 12.4. The number of rotatable bonds is 6. The number of alkyl carbamates (subject to hydrolysis) is 1. The van der Waals surface area contributed by atoms with Crippen LogP contribution in [-0.4, -0.2) is 40.7 Å². The van der Waals surface area contributed by atoms with Gasteiger partial charge >= 0.3 is 6.09 Å². The zero-order chi connectivity index (χ0) is 25.2. The van der Waals surface area contributed by atoms with Crippen LogP contribution in [0.15, 0.2) is 0 Å². The predicted molar refractivity (Wildman–Crippen MR) is 138 cm³/mol. The molecule has 3 N–H and O–H groups in total. The lowest BCUT2D eigenvalue weighted by atomic mass is 9.41. The van der Waals surface area contributed by atoms with Gasteiger partial charge in [-0.25, -0.2) is 4.79 Å². The fourth-order valence-electron chi connectivity index (χ4n) is 10.1. The van der Waals surface area contributed by atoms with Crippen molar-refractivity contribution in [2.45, 2.75) is 123 Å². The highest BCUT2D eigenvalue weighted by atomic mass is 16.5. The molecule has 0 aromatic heterocycles. The van der Waals surface area contributed by atoms with Gasteiger partial charge in [0.05, 0.1) is 18.8 Å². The summed E-state index contributed by atoms with van der Waals surface area (Å²) < 4.78 is 5.56. The molecule has 5 saturated carbocycles. The number of nitrogens with one attached hydrogen (secondary N) is 1. The number of ether oxygens (including phenoxy) is 1. The van der Waals surface area contributed by atoms with Crippen LogP contribution >= 0.6 is 0 Å². The van der Waals surface area contributed by atoms with Crippen molar-refractivity contribution in [1.82, 2.24) is 5.32 Å². The van der Waals surface area contributed by atoms with Gasteiger partial charge in [-0.1, -0.05) is 34.1 Å². The Labute approximate surface area is 213 Å². The summed E-state index contributed by atoms with van der Waals surface area (Å²) in [5.41, 5.74) is 0.492. The molecule has 35 heavy (non-hydrogen) atoms. The molecule has 5 aliphatic carbocycles. The fraction of sp³-hybridized carbons (Fsp3) is 0.967. The monoisotopic (exact) mass is 489 g/mol. The molecular formula is C30H51NO4. The van der Waals surface area contributed by atoms with Gasteiger partial charge in [0.15, 0.2) is 0 Å². The molecule has 0 aliphatic heterocycles. The molecule has 0 radical (unpaired) electrons. The molecule has 0 aromatic carbocycles. The van der Waals surface area contributed by atoms with E-state index in [1.807, 2.05) is 0 Å². The molecule has 0 saturated heterocycles. The van der Waals surface area contributed by atoms with Crippen LogP contribution in [0.1, 0.15) is 105 Å². The van der Waals surface area contributed by atoms with Crippen molar-refractivity contribution >= 4 is 6.09 Å². The number of hydrogen-bond acceptors (Lipinski definition) is 4. The van der Waals surface area contributed by atoms with Crippen LogP contribution in [0, 0.1) is 52.3 Å². The van der Waals surface area contributed by atoms with E-state index < -0.39 is 0 Å². The Kier molecular flexibility index (Phi) is 6.78. The van der Waals surface area contributed by atoms with Gasteiger partial charge in [0.25, 0.3) is 0 Å². The van der Waals surface area contributed by atoms with Gasteiger partial charge in [-0.05, 0) is 123 Å². The molecule has 5 aliphatic rings. The first-order chi connectivity index (χ1) is 16.5. The van der Waals surface area contributed by atoms with Crippen LogP contribution < -0.4 is 5.32 Å². The normalized spacial score (nSPS) is 48.8. The lowest BCUT2D eigenvalue weighted by Crippen LogP contribution is -2.62. The van der Waals surface area contributed by atoms with E-state index in [1.165, 1.54) is 25.7 Å².